The van der Waals surface area contributed by atoms with Crippen LogP contribution in [0.15, 0.2) is 0 Å². The maximum atomic E-state index is 10.5. The highest BCUT2D eigenvalue weighted by molar-refractivity contribution is 5.76. The van der Waals surface area contributed by atoms with Gasteiger partial charge in [0.2, 0.25) is 0 Å². The Morgan fingerprint density at radius 3 is 3.00 bits per heavy atom. The lowest BCUT2D eigenvalue weighted by Gasteiger charge is -2.23. The van der Waals surface area contributed by atoms with E-state index in [4.69, 9.17) is 9.84 Å². The van der Waals surface area contributed by atoms with E-state index in [1.807, 2.05) is 0 Å². The molecule has 2 atom stereocenters. The molecule has 1 heterocycles. The zero-order valence-corrected chi connectivity index (χ0v) is 6.17. The van der Waals surface area contributed by atoms with Gasteiger partial charge in [-0.05, 0) is 6.42 Å². The standard InChI is InChI=1S/C7H11NO3/c9-6(10)5-3-7(5)4-11-2-1-8-7/h5,8H,1-4H2,(H,9,10). The van der Waals surface area contributed by atoms with Crippen molar-refractivity contribution < 1.29 is 14.6 Å². The smallest absolute Gasteiger partial charge is 0.308 e. The average Bonchev–Trinajstić information content (AvgIpc) is 2.66. The van der Waals surface area contributed by atoms with E-state index in [0.717, 1.165) is 13.0 Å². The van der Waals surface area contributed by atoms with Gasteiger partial charge in [-0.3, -0.25) is 4.79 Å². The van der Waals surface area contributed by atoms with Crippen LogP contribution < -0.4 is 5.32 Å². The summed E-state index contributed by atoms with van der Waals surface area (Å²) in [5.41, 5.74) is -0.204. The number of carboxylic acids is 1. The molecule has 2 fully saturated rings. The summed E-state index contributed by atoms with van der Waals surface area (Å²) in [7, 11) is 0. The number of carboxylic acid groups (broad SMARTS) is 1. The van der Waals surface area contributed by atoms with Crippen molar-refractivity contribution in [3.05, 3.63) is 0 Å². The van der Waals surface area contributed by atoms with Crippen molar-refractivity contribution in [2.45, 2.75) is 12.0 Å². The normalized spacial score (nSPS) is 42.4. The van der Waals surface area contributed by atoms with E-state index < -0.39 is 5.97 Å². The predicted molar refractivity (Wildman–Crippen MR) is 37.3 cm³/mol. The fourth-order valence-electron chi connectivity index (χ4n) is 1.66. The number of rotatable bonds is 1. The van der Waals surface area contributed by atoms with E-state index in [1.165, 1.54) is 0 Å². The number of ether oxygens (including phenoxy) is 1. The fraction of sp³-hybridized carbons (Fsp3) is 0.857. The van der Waals surface area contributed by atoms with Crippen molar-refractivity contribution in [2.75, 3.05) is 19.8 Å². The molecule has 0 aromatic carbocycles. The molecule has 1 aliphatic carbocycles. The maximum absolute atomic E-state index is 10.5. The molecule has 2 N–H and O–H groups in total. The van der Waals surface area contributed by atoms with Gasteiger partial charge in [-0.15, -0.1) is 0 Å². The molecule has 11 heavy (non-hydrogen) atoms. The molecule has 0 bridgehead atoms. The molecule has 1 aliphatic heterocycles. The first-order chi connectivity index (χ1) is 5.25. The summed E-state index contributed by atoms with van der Waals surface area (Å²) in [6.45, 7) is 2.04. The Hall–Kier alpha value is -0.610. The summed E-state index contributed by atoms with van der Waals surface area (Å²) in [6.07, 6.45) is 0.725. The number of morpholine rings is 1. The van der Waals surface area contributed by atoms with E-state index in [0.29, 0.717) is 13.2 Å². The minimum atomic E-state index is -0.706. The van der Waals surface area contributed by atoms with Gasteiger partial charge in [-0.25, -0.2) is 0 Å². The Bertz CT molecular complexity index is 186. The second-order valence-corrected chi connectivity index (χ2v) is 3.23. The largest absolute Gasteiger partial charge is 0.481 e. The molecule has 0 aromatic rings. The quantitative estimate of drug-likeness (QED) is 0.536. The number of hydrogen-bond acceptors (Lipinski definition) is 3. The first-order valence-corrected chi connectivity index (χ1v) is 3.80. The van der Waals surface area contributed by atoms with Crippen molar-refractivity contribution in [3.8, 4) is 0 Å². The van der Waals surface area contributed by atoms with Crippen LogP contribution in [0.2, 0.25) is 0 Å². The lowest BCUT2D eigenvalue weighted by Crippen LogP contribution is -2.45. The fourth-order valence-corrected chi connectivity index (χ4v) is 1.66. The Morgan fingerprint density at radius 2 is 2.55 bits per heavy atom. The third kappa shape index (κ3) is 1.02. The van der Waals surface area contributed by atoms with Crippen molar-refractivity contribution >= 4 is 5.97 Å². The summed E-state index contributed by atoms with van der Waals surface area (Å²) in [4.78, 5) is 10.5. The molecule has 4 nitrogen and oxygen atoms in total. The highest BCUT2D eigenvalue weighted by Gasteiger charge is 2.59. The second-order valence-electron chi connectivity index (χ2n) is 3.23. The number of carbonyl (C=O) groups is 1. The van der Waals surface area contributed by atoms with Crippen LogP contribution in [-0.4, -0.2) is 36.4 Å². The molecule has 2 rings (SSSR count). The monoisotopic (exact) mass is 157 g/mol. The van der Waals surface area contributed by atoms with Gasteiger partial charge in [-0.2, -0.15) is 0 Å². The van der Waals surface area contributed by atoms with Crippen molar-refractivity contribution in [1.29, 1.82) is 0 Å². The van der Waals surface area contributed by atoms with Crippen molar-refractivity contribution in [2.24, 2.45) is 5.92 Å². The lowest BCUT2D eigenvalue weighted by atomic mass is 10.2. The topological polar surface area (TPSA) is 58.6 Å². The van der Waals surface area contributed by atoms with Gasteiger partial charge in [0.15, 0.2) is 0 Å². The SMILES string of the molecule is O=C(O)C1CC12COCCN2. The van der Waals surface area contributed by atoms with Crippen molar-refractivity contribution in [1.82, 2.24) is 5.32 Å². The Labute approximate surface area is 64.5 Å². The molecule has 1 saturated heterocycles. The summed E-state index contributed by atoms with van der Waals surface area (Å²) in [6, 6.07) is 0. The zero-order valence-electron chi connectivity index (χ0n) is 6.17. The molecular weight excluding hydrogens is 146 g/mol. The van der Waals surface area contributed by atoms with E-state index >= 15 is 0 Å². The Morgan fingerprint density at radius 1 is 1.73 bits per heavy atom. The van der Waals surface area contributed by atoms with Gasteiger partial charge in [0.1, 0.15) is 0 Å². The Kier molecular flexibility index (Phi) is 1.40. The highest BCUT2D eigenvalue weighted by Crippen LogP contribution is 2.44. The summed E-state index contributed by atoms with van der Waals surface area (Å²) in [5.74, 6) is -0.925. The third-order valence-electron chi connectivity index (χ3n) is 2.46. The molecule has 4 heteroatoms. The first-order valence-electron chi connectivity index (χ1n) is 3.80. The molecule has 2 unspecified atom stereocenters. The van der Waals surface area contributed by atoms with Crippen LogP contribution in [0, 0.1) is 5.92 Å². The van der Waals surface area contributed by atoms with E-state index in [2.05, 4.69) is 5.32 Å². The molecule has 0 amide bonds. The number of nitrogens with one attached hydrogen (secondary N) is 1. The highest BCUT2D eigenvalue weighted by atomic mass is 16.5. The molecule has 1 saturated carbocycles. The summed E-state index contributed by atoms with van der Waals surface area (Å²) in [5, 5.41) is 11.9. The van der Waals surface area contributed by atoms with Crippen LogP contribution >= 0.6 is 0 Å². The minimum absolute atomic E-state index is 0.204. The molecule has 2 aliphatic rings. The van der Waals surface area contributed by atoms with Gasteiger partial charge < -0.3 is 15.2 Å². The minimum Gasteiger partial charge on any atom is -0.481 e. The summed E-state index contributed by atoms with van der Waals surface area (Å²) >= 11 is 0. The van der Waals surface area contributed by atoms with Crippen LogP contribution in [-0.2, 0) is 9.53 Å². The van der Waals surface area contributed by atoms with E-state index in [1.54, 1.807) is 0 Å². The van der Waals surface area contributed by atoms with Crippen LogP contribution in [0.25, 0.3) is 0 Å². The lowest BCUT2D eigenvalue weighted by molar-refractivity contribution is -0.139. The van der Waals surface area contributed by atoms with Gasteiger partial charge in [0, 0.05) is 6.54 Å². The first kappa shape index (κ1) is 7.06. The Balaban J connectivity index is 1.99. The van der Waals surface area contributed by atoms with Crippen LogP contribution in [0.4, 0.5) is 0 Å². The molecule has 1 spiro atoms. The van der Waals surface area contributed by atoms with Crippen molar-refractivity contribution in [3.63, 3.8) is 0 Å². The van der Waals surface area contributed by atoms with Crippen LogP contribution in [0.5, 0.6) is 0 Å². The average molecular weight is 157 g/mol. The van der Waals surface area contributed by atoms with Crippen LogP contribution in [0.3, 0.4) is 0 Å². The second kappa shape index (κ2) is 2.19. The maximum Gasteiger partial charge on any atom is 0.308 e. The molecular formula is C7H11NO3. The van der Waals surface area contributed by atoms with Crippen LogP contribution in [0.1, 0.15) is 6.42 Å². The number of hydrogen-bond donors (Lipinski definition) is 2. The van der Waals surface area contributed by atoms with E-state index in [9.17, 15) is 4.79 Å². The van der Waals surface area contributed by atoms with Gasteiger partial charge in [0.05, 0.1) is 24.7 Å². The van der Waals surface area contributed by atoms with Gasteiger partial charge >= 0.3 is 5.97 Å². The summed E-state index contributed by atoms with van der Waals surface area (Å²) < 4.78 is 5.20. The van der Waals surface area contributed by atoms with Gasteiger partial charge in [-0.1, -0.05) is 0 Å². The van der Waals surface area contributed by atoms with Gasteiger partial charge in [0.25, 0.3) is 0 Å². The molecule has 0 radical (unpaired) electrons. The molecule has 62 valence electrons. The molecule has 0 aromatic heterocycles. The predicted octanol–water partition coefficient (Wildman–Crippen LogP) is -0.550. The number of aliphatic carboxylic acids is 1. The zero-order chi connectivity index (χ0) is 7.90. The third-order valence-corrected chi connectivity index (χ3v) is 2.46. The van der Waals surface area contributed by atoms with E-state index in [-0.39, 0.29) is 11.5 Å².